The first-order valence-electron chi connectivity index (χ1n) is 8.49. The molecule has 0 radical (unpaired) electrons. The molecule has 1 heterocycles. The van der Waals surface area contributed by atoms with Crippen molar-refractivity contribution in [1.29, 1.82) is 0 Å². The first-order valence-corrected chi connectivity index (χ1v) is 9.48. The zero-order valence-electron chi connectivity index (χ0n) is 15.2. The van der Waals surface area contributed by atoms with Crippen LogP contribution in [0.15, 0.2) is 66.0 Å². The van der Waals surface area contributed by atoms with Crippen molar-refractivity contribution in [3.8, 4) is 11.3 Å². The van der Waals surface area contributed by atoms with Crippen molar-refractivity contribution in [1.82, 2.24) is 14.6 Å². The third-order valence-corrected chi connectivity index (χ3v) is 5.37. The van der Waals surface area contributed by atoms with Crippen molar-refractivity contribution >= 4 is 17.7 Å². The molecule has 1 aromatic heterocycles. The highest BCUT2D eigenvalue weighted by molar-refractivity contribution is 7.99. The number of benzene rings is 2. The summed E-state index contributed by atoms with van der Waals surface area (Å²) in [6, 6.07) is 15.8. The molecule has 0 saturated carbocycles. The highest BCUT2D eigenvalue weighted by Gasteiger charge is 2.19. The Bertz CT molecular complexity index is 911. The molecule has 0 bridgehead atoms. The molecule has 1 amide bonds. The summed E-state index contributed by atoms with van der Waals surface area (Å²) in [6.45, 7) is 1.91. The van der Waals surface area contributed by atoms with Gasteiger partial charge < -0.3 is 10.7 Å². The number of rotatable bonds is 6. The lowest BCUT2D eigenvalue weighted by molar-refractivity contribution is -0.128. The minimum atomic E-state index is -0.292. The number of imidazole rings is 1. The van der Waals surface area contributed by atoms with Crippen molar-refractivity contribution in [2.75, 3.05) is 18.6 Å². The zero-order chi connectivity index (χ0) is 19.4. The van der Waals surface area contributed by atoms with Crippen LogP contribution in [-0.4, -0.2) is 33.3 Å². The normalized spacial score (nSPS) is 12.0. The van der Waals surface area contributed by atoms with Crippen LogP contribution in [0.25, 0.3) is 11.3 Å². The molecule has 0 spiro atoms. The monoisotopic (exact) mass is 384 g/mol. The molecule has 3 rings (SSSR count). The summed E-state index contributed by atoms with van der Waals surface area (Å²) in [5, 5.41) is 0.574. The van der Waals surface area contributed by atoms with Gasteiger partial charge in [0.15, 0.2) is 5.16 Å². The predicted molar refractivity (Wildman–Crippen MR) is 106 cm³/mol. The van der Waals surface area contributed by atoms with E-state index in [1.807, 2.05) is 37.3 Å². The largest absolute Gasteiger partial charge is 0.338 e. The van der Waals surface area contributed by atoms with E-state index in [1.54, 1.807) is 30.3 Å². The fraction of sp³-hybridized carbons (Fsp3) is 0.200. The molecule has 3 aromatic rings. The molecule has 0 aliphatic carbocycles. The van der Waals surface area contributed by atoms with Crippen LogP contribution < -0.4 is 5.84 Å². The van der Waals surface area contributed by atoms with Gasteiger partial charge in [0, 0.05) is 12.6 Å². The number of nitrogen functional groups attached to an aromatic ring is 1. The van der Waals surface area contributed by atoms with Crippen molar-refractivity contribution in [2.24, 2.45) is 0 Å². The number of nitrogens with two attached hydrogens (primary N) is 1. The number of nitrogens with zero attached hydrogens (tertiary/aromatic N) is 3. The van der Waals surface area contributed by atoms with Crippen LogP contribution in [0.3, 0.4) is 0 Å². The Hall–Kier alpha value is -2.80. The van der Waals surface area contributed by atoms with Gasteiger partial charge in [0.2, 0.25) is 5.91 Å². The summed E-state index contributed by atoms with van der Waals surface area (Å²) in [7, 11) is 1.74. The van der Waals surface area contributed by atoms with Crippen LogP contribution in [0.1, 0.15) is 18.5 Å². The summed E-state index contributed by atoms with van der Waals surface area (Å²) < 4.78 is 14.5. The highest BCUT2D eigenvalue weighted by Crippen LogP contribution is 2.24. The number of carbonyl (C=O) groups excluding carboxylic acids is 1. The molecule has 2 aromatic carbocycles. The Morgan fingerprint density at radius 3 is 2.56 bits per heavy atom. The average Bonchev–Trinajstić information content (AvgIpc) is 3.07. The van der Waals surface area contributed by atoms with E-state index >= 15 is 0 Å². The molecule has 2 N–H and O–H groups in total. The van der Waals surface area contributed by atoms with Gasteiger partial charge in [-0.05, 0) is 24.6 Å². The summed E-state index contributed by atoms with van der Waals surface area (Å²) in [5.41, 5.74) is 2.61. The molecule has 7 heteroatoms. The molecule has 0 aliphatic heterocycles. The fourth-order valence-corrected chi connectivity index (χ4v) is 3.46. The predicted octanol–water partition coefficient (Wildman–Crippen LogP) is 3.71. The first kappa shape index (κ1) is 19.0. The number of aromatic nitrogens is 2. The topological polar surface area (TPSA) is 64.2 Å². The maximum absolute atomic E-state index is 13.1. The third-order valence-electron chi connectivity index (χ3n) is 4.42. The van der Waals surface area contributed by atoms with Crippen molar-refractivity contribution < 1.29 is 9.18 Å². The summed E-state index contributed by atoms with van der Waals surface area (Å²) >= 11 is 1.29. The second kappa shape index (κ2) is 8.26. The molecular weight excluding hydrogens is 363 g/mol. The maximum atomic E-state index is 13.1. The van der Waals surface area contributed by atoms with E-state index < -0.39 is 0 Å². The van der Waals surface area contributed by atoms with E-state index in [0.717, 1.165) is 16.8 Å². The lowest BCUT2D eigenvalue weighted by Crippen LogP contribution is -2.31. The van der Waals surface area contributed by atoms with Gasteiger partial charge in [-0.25, -0.2) is 14.1 Å². The SMILES string of the molecule is CC(c1ccc(F)cc1)N(C)C(=O)CSc1nc(-c2ccccc2)cn1N. The minimum Gasteiger partial charge on any atom is -0.338 e. The van der Waals surface area contributed by atoms with E-state index in [0.29, 0.717) is 5.16 Å². The standard InChI is InChI=1S/C20H21FN4OS/c1-14(15-8-10-17(21)11-9-15)24(2)19(26)13-27-20-23-18(12-25(20)22)16-6-4-3-5-7-16/h3-12,14H,13,22H2,1-2H3. The number of amides is 1. The smallest absolute Gasteiger partial charge is 0.233 e. The van der Waals surface area contributed by atoms with Crippen LogP contribution in [0.2, 0.25) is 0 Å². The van der Waals surface area contributed by atoms with E-state index in [1.165, 1.54) is 28.6 Å². The Morgan fingerprint density at radius 1 is 1.22 bits per heavy atom. The number of carbonyl (C=O) groups is 1. The highest BCUT2D eigenvalue weighted by atomic mass is 32.2. The molecular formula is C20H21FN4OS. The van der Waals surface area contributed by atoms with Crippen molar-refractivity contribution in [2.45, 2.75) is 18.1 Å². The fourth-order valence-electron chi connectivity index (χ4n) is 2.64. The molecule has 0 saturated heterocycles. The van der Waals surface area contributed by atoms with E-state index in [9.17, 15) is 9.18 Å². The number of thioether (sulfide) groups is 1. The van der Waals surface area contributed by atoms with Gasteiger partial charge in [0.05, 0.1) is 23.7 Å². The van der Waals surface area contributed by atoms with Gasteiger partial charge in [-0.1, -0.05) is 54.2 Å². The van der Waals surface area contributed by atoms with Crippen LogP contribution in [0, 0.1) is 5.82 Å². The van der Waals surface area contributed by atoms with Gasteiger partial charge in [0.25, 0.3) is 0 Å². The van der Waals surface area contributed by atoms with E-state index in [4.69, 9.17) is 5.84 Å². The number of hydrogen-bond acceptors (Lipinski definition) is 4. The van der Waals surface area contributed by atoms with Gasteiger partial charge >= 0.3 is 0 Å². The van der Waals surface area contributed by atoms with Gasteiger partial charge in [-0.3, -0.25) is 4.79 Å². The summed E-state index contributed by atoms with van der Waals surface area (Å²) in [6.07, 6.45) is 1.74. The lowest BCUT2D eigenvalue weighted by atomic mass is 10.1. The van der Waals surface area contributed by atoms with E-state index in [2.05, 4.69) is 4.98 Å². The maximum Gasteiger partial charge on any atom is 0.233 e. The Kier molecular flexibility index (Phi) is 5.81. The molecule has 1 atom stereocenters. The first-order chi connectivity index (χ1) is 13.0. The Morgan fingerprint density at radius 2 is 1.89 bits per heavy atom. The Balaban J connectivity index is 1.63. The molecule has 0 fully saturated rings. The molecule has 0 aliphatic rings. The zero-order valence-corrected chi connectivity index (χ0v) is 16.0. The summed E-state index contributed by atoms with van der Waals surface area (Å²) in [4.78, 5) is 18.7. The Labute approximate surface area is 162 Å². The lowest BCUT2D eigenvalue weighted by Gasteiger charge is -2.25. The average molecular weight is 384 g/mol. The van der Waals surface area contributed by atoms with Crippen molar-refractivity contribution in [3.63, 3.8) is 0 Å². The number of halogens is 1. The van der Waals surface area contributed by atoms with Crippen LogP contribution in [0.4, 0.5) is 4.39 Å². The quantitative estimate of drug-likeness (QED) is 0.520. The second-order valence-corrected chi connectivity index (χ2v) is 7.15. The van der Waals surface area contributed by atoms with Crippen LogP contribution >= 0.6 is 11.8 Å². The molecule has 140 valence electrons. The van der Waals surface area contributed by atoms with Crippen molar-refractivity contribution in [3.05, 3.63) is 72.2 Å². The van der Waals surface area contributed by atoms with Gasteiger partial charge in [-0.2, -0.15) is 0 Å². The number of hydrogen-bond donors (Lipinski definition) is 1. The van der Waals surface area contributed by atoms with Gasteiger partial charge in [-0.15, -0.1) is 0 Å². The second-order valence-electron chi connectivity index (χ2n) is 6.20. The van der Waals surface area contributed by atoms with E-state index in [-0.39, 0.29) is 23.5 Å². The van der Waals surface area contributed by atoms with Crippen LogP contribution in [-0.2, 0) is 4.79 Å². The van der Waals surface area contributed by atoms with Gasteiger partial charge in [0.1, 0.15) is 5.82 Å². The third kappa shape index (κ3) is 4.49. The minimum absolute atomic E-state index is 0.0545. The molecule has 27 heavy (non-hydrogen) atoms. The van der Waals surface area contributed by atoms with Crippen LogP contribution in [0.5, 0.6) is 0 Å². The summed E-state index contributed by atoms with van der Waals surface area (Å²) in [5.74, 6) is 5.85. The molecule has 1 unspecified atom stereocenters. The molecule has 5 nitrogen and oxygen atoms in total.